The van der Waals surface area contributed by atoms with E-state index in [1.165, 1.54) is 18.3 Å². The van der Waals surface area contributed by atoms with Crippen LogP contribution < -0.4 is 14.8 Å². The van der Waals surface area contributed by atoms with Crippen LogP contribution in [0, 0.1) is 0 Å². The molecule has 0 spiro atoms. The summed E-state index contributed by atoms with van der Waals surface area (Å²) in [7, 11) is -3.69. The van der Waals surface area contributed by atoms with Gasteiger partial charge in [-0.3, -0.25) is 9.78 Å². The van der Waals surface area contributed by atoms with E-state index in [2.05, 4.69) is 35.9 Å². The van der Waals surface area contributed by atoms with E-state index in [4.69, 9.17) is 4.74 Å². The molecule has 8 nitrogen and oxygen atoms in total. The highest BCUT2D eigenvalue weighted by Gasteiger charge is 2.15. The number of hydrogen-bond acceptors (Lipinski definition) is 6. The van der Waals surface area contributed by atoms with Crippen molar-refractivity contribution < 1.29 is 17.9 Å². The molecular formula is C20H19BrN4O4S. The summed E-state index contributed by atoms with van der Waals surface area (Å²) in [5.74, 6) is 0.298. The van der Waals surface area contributed by atoms with Crippen LogP contribution in [0.2, 0.25) is 0 Å². The lowest BCUT2D eigenvalue weighted by Crippen LogP contribution is -2.28. The minimum Gasteiger partial charge on any atom is -0.485 e. The Morgan fingerprint density at radius 1 is 1.03 bits per heavy atom. The zero-order chi connectivity index (χ0) is 21.4. The Balaban J connectivity index is 1.53. The third kappa shape index (κ3) is 6.34. The first kappa shape index (κ1) is 21.9. The molecule has 0 bridgehead atoms. The number of rotatable bonds is 9. The topological polar surface area (TPSA) is 110 Å². The van der Waals surface area contributed by atoms with Crippen molar-refractivity contribution in [3.63, 3.8) is 0 Å². The summed E-state index contributed by atoms with van der Waals surface area (Å²) in [6.45, 7) is 0.244. The first-order chi connectivity index (χ1) is 14.4. The van der Waals surface area contributed by atoms with Crippen LogP contribution in [0.4, 0.5) is 5.82 Å². The Morgan fingerprint density at radius 2 is 1.77 bits per heavy atom. The second-order valence-electron chi connectivity index (χ2n) is 6.14. The Bertz CT molecular complexity index is 1090. The Morgan fingerprint density at radius 3 is 2.50 bits per heavy atom. The molecule has 0 aliphatic carbocycles. The number of carbonyl (C=O) groups excluding carboxylic acids is 1. The molecule has 3 rings (SSSR count). The first-order valence-electron chi connectivity index (χ1n) is 8.96. The Hall–Kier alpha value is -2.82. The fourth-order valence-electron chi connectivity index (χ4n) is 2.43. The van der Waals surface area contributed by atoms with E-state index in [9.17, 15) is 13.2 Å². The van der Waals surface area contributed by atoms with Gasteiger partial charge >= 0.3 is 0 Å². The molecule has 0 unspecified atom stereocenters. The summed E-state index contributed by atoms with van der Waals surface area (Å²) in [6, 6.07) is 13.3. The summed E-state index contributed by atoms with van der Waals surface area (Å²) >= 11 is 3.26. The highest BCUT2D eigenvalue weighted by Crippen LogP contribution is 2.22. The second kappa shape index (κ2) is 10.3. The van der Waals surface area contributed by atoms with Crippen molar-refractivity contribution in [3.05, 3.63) is 77.2 Å². The molecule has 0 saturated heterocycles. The molecule has 10 heteroatoms. The van der Waals surface area contributed by atoms with Gasteiger partial charge in [-0.1, -0.05) is 15.9 Å². The van der Waals surface area contributed by atoms with Crippen LogP contribution in [-0.2, 0) is 21.4 Å². The molecule has 0 aliphatic rings. The lowest BCUT2D eigenvalue weighted by Gasteiger charge is -2.12. The predicted molar refractivity (Wildman–Crippen MR) is 115 cm³/mol. The molecule has 2 heterocycles. The van der Waals surface area contributed by atoms with Crippen molar-refractivity contribution in [1.82, 2.24) is 14.7 Å². The van der Waals surface area contributed by atoms with E-state index < -0.39 is 10.0 Å². The average Bonchev–Trinajstić information content (AvgIpc) is 2.74. The average molecular weight is 491 g/mol. The molecule has 0 atom stereocenters. The number of hydrogen-bond donors (Lipinski definition) is 2. The fraction of sp³-hybridized carbons (Fsp3) is 0.150. The zero-order valence-corrected chi connectivity index (χ0v) is 18.2. The predicted octanol–water partition coefficient (Wildman–Crippen LogP) is 3.13. The standard InChI is InChI=1S/C20H19BrN4O4S/c21-16-3-5-17(6-4-16)30(27,28)24-13-9-19(26)25-20-18(2-1-10-23-20)29-14-15-7-11-22-12-8-15/h1-8,10-12,24H,9,13-14H2,(H,23,25,26). The summed E-state index contributed by atoms with van der Waals surface area (Å²) in [5, 5.41) is 2.65. The van der Waals surface area contributed by atoms with Gasteiger partial charge in [0.25, 0.3) is 0 Å². The maximum absolute atomic E-state index is 12.3. The number of sulfonamides is 1. The van der Waals surface area contributed by atoms with Gasteiger partial charge in [-0.2, -0.15) is 0 Å². The SMILES string of the molecule is O=C(CCNS(=O)(=O)c1ccc(Br)cc1)Nc1ncccc1OCc1ccncc1. The van der Waals surface area contributed by atoms with Crippen molar-refractivity contribution in [2.75, 3.05) is 11.9 Å². The van der Waals surface area contributed by atoms with Gasteiger partial charge in [0, 0.05) is 36.0 Å². The Labute approximate surface area is 182 Å². The highest BCUT2D eigenvalue weighted by atomic mass is 79.9. The van der Waals surface area contributed by atoms with E-state index in [0.717, 1.165) is 10.0 Å². The van der Waals surface area contributed by atoms with Crippen LogP contribution in [0.15, 0.2) is 76.5 Å². The van der Waals surface area contributed by atoms with Crippen molar-refractivity contribution >= 4 is 37.7 Å². The smallest absolute Gasteiger partial charge is 0.240 e. The third-order valence-corrected chi connectivity index (χ3v) is 5.95. The van der Waals surface area contributed by atoms with Crippen molar-refractivity contribution in [2.45, 2.75) is 17.9 Å². The zero-order valence-electron chi connectivity index (χ0n) is 15.8. The van der Waals surface area contributed by atoms with E-state index in [1.807, 2.05) is 12.1 Å². The molecular weight excluding hydrogens is 472 g/mol. The molecule has 1 amide bonds. The van der Waals surface area contributed by atoms with Gasteiger partial charge in [0.1, 0.15) is 6.61 Å². The molecule has 156 valence electrons. The van der Waals surface area contributed by atoms with Crippen LogP contribution in [-0.4, -0.2) is 30.8 Å². The lowest BCUT2D eigenvalue weighted by atomic mass is 10.3. The van der Waals surface area contributed by atoms with Gasteiger partial charge in [-0.25, -0.2) is 18.1 Å². The van der Waals surface area contributed by atoms with E-state index >= 15 is 0 Å². The molecule has 30 heavy (non-hydrogen) atoms. The number of aromatic nitrogens is 2. The van der Waals surface area contributed by atoms with Crippen LogP contribution in [0.25, 0.3) is 0 Å². The van der Waals surface area contributed by atoms with Crippen molar-refractivity contribution in [1.29, 1.82) is 0 Å². The third-order valence-electron chi connectivity index (χ3n) is 3.94. The minimum absolute atomic E-state index is 0.0513. The maximum Gasteiger partial charge on any atom is 0.240 e. The minimum atomic E-state index is -3.69. The van der Waals surface area contributed by atoms with E-state index in [0.29, 0.717) is 12.4 Å². The number of anilines is 1. The summed E-state index contributed by atoms with van der Waals surface area (Å²) in [4.78, 5) is 20.5. The molecule has 3 aromatic rings. The van der Waals surface area contributed by atoms with E-state index in [-0.39, 0.29) is 29.6 Å². The van der Waals surface area contributed by atoms with Crippen molar-refractivity contribution in [2.24, 2.45) is 0 Å². The molecule has 0 aliphatic heterocycles. The summed E-state index contributed by atoms with van der Waals surface area (Å²) < 4.78 is 33.4. The summed E-state index contributed by atoms with van der Waals surface area (Å²) in [5.41, 5.74) is 0.925. The number of pyridine rings is 2. The van der Waals surface area contributed by atoms with Crippen LogP contribution in [0.1, 0.15) is 12.0 Å². The maximum atomic E-state index is 12.3. The molecule has 0 radical (unpaired) electrons. The van der Waals surface area contributed by atoms with E-state index in [1.54, 1.807) is 36.7 Å². The Kier molecular flexibility index (Phi) is 7.50. The number of nitrogens with one attached hydrogen (secondary N) is 2. The van der Waals surface area contributed by atoms with Gasteiger partial charge < -0.3 is 10.1 Å². The molecule has 0 fully saturated rings. The van der Waals surface area contributed by atoms with Gasteiger partial charge in [-0.15, -0.1) is 0 Å². The molecule has 2 N–H and O–H groups in total. The number of benzene rings is 1. The van der Waals surface area contributed by atoms with Crippen LogP contribution in [0.3, 0.4) is 0 Å². The van der Waals surface area contributed by atoms with Crippen LogP contribution >= 0.6 is 15.9 Å². The number of halogens is 1. The lowest BCUT2D eigenvalue weighted by molar-refractivity contribution is -0.116. The number of ether oxygens (including phenoxy) is 1. The van der Waals surface area contributed by atoms with Crippen LogP contribution in [0.5, 0.6) is 5.75 Å². The second-order valence-corrected chi connectivity index (χ2v) is 8.83. The molecule has 0 saturated carbocycles. The number of amides is 1. The number of nitrogens with zero attached hydrogens (tertiary/aromatic N) is 2. The van der Waals surface area contributed by atoms with Crippen molar-refractivity contribution in [3.8, 4) is 5.75 Å². The monoisotopic (exact) mass is 490 g/mol. The van der Waals surface area contributed by atoms with Gasteiger partial charge in [-0.05, 0) is 54.1 Å². The largest absolute Gasteiger partial charge is 0.485 e. The molecule has 2 aromatic heterocycles. The first-order valence-corrected chi connectivity index (χ1v) is 11.2. The normalized spacial score (nSPS) is 11.1. The van der Waals surface area contributed by atoms with Gasteiger partial charge in [0.2, 0.25) is 15.9 Å². The fourth-order valence-corrected chi connectivity index (χ4v) is 3.73. The highest BCUT2D eigenvalue weighted by molar-refractivity contribution is 9.10. The molecule has 1 aromatic carbocycles. The number of carbonyl (C=O) groups is 1. The van der Waals surface area contributed by atoms with Gasteiger partial charge in [0.05, 0.1) is 4.90 Å². The van der Waals surface area contributed by atoms with Gasteiger partial charge in [0.15, 0.2) is 11.6 Å². The summed E-state index contributed by atoms with van der Waals surface area (Å²) in [6.07, 6.45) is 4.81. The quantitative estimate of drug-likeness (QED) is 0.476.